The molecule has 0 radical (unpaired) electrons. The third-order valence-electron chi connectivity index (χ3n) is 6.99. The number of hydrogen-bond donors (Lipinski definition) is 1. The van der Waals surface area contributed by atoms with Gasteiger partial charge < -0.3 is 10.2 Å². The van der Waals surface area contributed by atoms with Gasteiger partial charge in [-0.1, -0.05) is 23.7 Å². The van der Waals surface area contributed by atoms with Crippen LogP contribution in [0.3, 0.4) is 0 Å². The molecular formula is C28H24ClF3N10O. The van der Waals surface area contributed by atoms with Gasteiger partial charge in [-0.05, 0) is 30.5 Å². The standard InChI is InChI=1S/C28H24ClF3N10O/c1-40-15-35-27(39-40)22-3-2-8-42(22)23-7-4-16(9-34-23)13-41-14-17(10-36-41)37-28(43)21-12-33-11-20(38-21)24-18(26(31)32)5-6-19(29)25(24)30/h4-7,9-12,14-15,22,26H,2-3,8,13H2,1H3,(H,37,43). The summed E-state index contributed by atoms with van der Waals surface area (Å²) in [6, 6.07) is 6.06. The molecule has 220 valence electrons. The van der Waals surface area contributed by atoms with Crippen molar-refractivity contribution in [2.24, 2.45) is 7.05 Å². The van der Waals surface area contributed by atoms with E-state index in [1.807, 2.05) is 19.2 Å². The minimum atomic E-state index is -2.99. The zero-order valence-electron chi connectivity index (χ0n) is 22.7. The molecular weight excluding hydrogens is 585 g/mol. The molecule has 43 heavy (non-hydrogen) atoms. The van der Waals surface area contributed by atoms with E-state index in [1.165, 1.54) is 6.20 Å². The van der Waals surface area contributed by atoms with Crippen LogP contribution in [0, 0.1) is 5.82 Å². The van der Waals surface area contributed by atoms with Crippen molar-refractivity contribution in [3.05, 3.63) is 95.1 Å². The van der Waals surface area contributed by atoms with E-state index in [2.05, 4.69) is 40.3 Å². The maximum atomic E-state index is 14.7. The number of anilines is 2. The van der Waals surface area contributed by atoms with Crippen LogP contribution in [-0.4, -0.2) is 51.9 Å². The smallest absolute Gasteiger partial charge is 0.275 e. The predicted octanol–water partition coefficient (Wildman–Crippen LogP) is 5.24. The van der Waals surface area contributed by atoms with E-state index in [0.29, 0.717) is 12.2 Å². The Labute approximate surface area is 248 Å². The molecule has 5 heterocycles. The fourth-order valence-electron chi connectivity index (χ4n) is 5.00. The van der Waals surface area contributed by atoms with Gasteiger partial charge in [-0.25, -0.2) is 28.1 Å². The zero-order valence-corrected chi connectivity index (χ0v) is 23.5. The van der Waals surface area contributed by atoms with Crippen molar-refractivity contribution in [3.8, 4) is 11.3 Å². The van der Waals surface area contributed by atoms with Crippen LogP contribution in [0.4, 0.5) is 24.7 Å². The van der Waals surface area contributed by atoms with E-state index >= 15 is 0 Å². The molecule has 1 unspecified atom stereocenters. The average Bonchev–Trinajstić information content (AvgIpc) is 3.76. The topological polar surface area (TPSA) is 120 Å². The normalized spacial score (nSPS) is 14.9. The maximum absolute atomic E-state index is 14.7. The van der Waals surface area contributed by atoms with Crippen LogP contribution in [0.5, 0.6) is 0 Å². The first-order valence-corrected chi connectivity index (χ1v) is 13.6. The second-order valence-corrected chi connectivity index (χ2v) is 10.4. The number of hydrogen-bond acceptors (Lipinski definition) is 8. The molecule has 1 fully saturated rings. The summed E-state index contributed by atoms with van der Waals surface area (Å²) in [6.45, 7) is 1.26. The van der Waals surface area contributed by atoms with Gasteiger partial charge in [0.25, 0.3) is 12.3 Å². The van der Waals surface area contributed by atoms with Gasteiger partial charge in [-0.2, -0.15) is 10.2 Å². The molecule has 11 nitrogen and oxygen atoms in total. The van der Waals surface area contributed by atoms with Crippen LogP contribution in [0.2, 0.25) is 5.02 Å². The highest BCUT2D eigenvalue weighted by atomic mass is 35.5. The van der Waals surface area contributed by atoms with Gasteiger partial charge in [0.2, 0.25) is 0 Å². The molecule has 5 aromatic rings. The predicted molar refractivity (Wildman–Crippen MR) is 151 cm³/mol. The van der Waals surface area contributed by atoms with Crippen LogP contribution < -0.4 is 10.2 Å². The Morgan fingerprint density at radius 3 is 2.74 bits per heavy atom. The Morgan fingerprint density at radius 2 is 2.00 bits per heavy atom. The lowest BCUT2D eigenvalue weighted by Gasteiger charge is -2.23. The van der Waals surface area contributed by atoms with E-state index < -0.39 is 29.3 Å². The number of pyridine rings is 1. The Bertz CT molecular complexity index is 1770. The highest BCUT2D eigenvalue weighted by Crippen LogP contribution is 2.36. The first-order chi connectivity index (χ1) is 20.8. The Kier molecular flexibility index (Phi) is 7.76. The highest BCUT2D eigenvalue weighted by molar-refractivity contribution is 6.31. The second-order valence-electron chi connectivity index (χ2n) is 9.95. The molecule has 1 aliphatic heterocycles. The van der Waals surface area contributed by atoms with E-state index in [0.717, 1.165) is 61.1 Å². The maximum Gasteiger partial charge on any atom is 0.275 e. The van der Waals surface area contributed by atoms with Gasteiger partial charge in [-0.3, -0.25) is 19.1 Å². The highest BCUT2D eigenvalue weighted by Gasteiger charge is 2.30. The molecule has 1 atom stereocenters. The SMILES string of the molecule is Cn1cnc(C2CCCN2c2ccc(Cn3cc(NC(=O)c4cncc(-c5c(C(F)F)ccc(Cl)c5F)n4)cn3)cn2)n1. The lowest BCUT2D eigenvalue weighted by atomic mass is 10.0. The minimum Gasteiger partial charge on any atom is -0.346 e. The van der Waals surface area contributed by atoms with Crippen molar-refractivity contribution in [3.63, 3.8) is 0 Å². The van der Waals surface area contributed by atoms with Crippen LogP contribution in [-0.2, 0) is 13.6 Å². The molecule has 1 amide bonds. The van der Waals surface area contributed by atoms with Crippen LogP contribution >= 0.6 is 11.6 Å². The Morgan fingerprint density at radius 1 is 1.14 bits per heavy atom. The summed E-state index contributed by atoms with van der Waals surface area (Å²) in [7, 11) is 1.85. The lowest BCUT2D eigenvalue weighted by Crippen LogP contribution is -2.24. The molecule has 1 aromatic carbocycles. The summed E-state index contributed by atoms with van der Waals surface area (Å²) in [5.74, 6) is -0.123. The van der Waals surface area contributed by atoms with Gasteiger partial charge >= 0.3 is 0 Å². The molecule has 6 rings (SSSR count). The summed E-state index contributed by atoms with van der Waals surface area (Å²) in [6.07, 6.45) is 7.79. The van der Waals surface area contributed by atoms with Crippen molar-refractivity contribution in [2.45, 2.75) is 31.9 Å². The van der Waals surface area contributed by atoms with Crippen molar-refractivity contribution < 1.29 is 18.0 Å². The van der Waals surface area contributed by atoms with Gasteiger partial charge in [0.1, 0.15) is 17.8 Å². The number of benzene rings is 1. The number of carbonyl (C=O) groups is 1. The first-order valence-electron chi connectivity index (χ1n) is 13.3. The summed E-state index contributed by atoms with van der Waals surface area (Å²) in [4.78, 5) is 32.1. The number of rotatable bonds is 8. The summed E-state index contributed by atoms with van der Waals surface area (Å²) < 4.78 is 45.1. The lowest BCUT2D eigenvalue weighted by molar-refractivity contribution is 0.102. The summed E-state index contributed by atoms with van der Waals surface area (Å²) in [5, 5.41) is 11.0. The number of aryl methyl sites for hydroxylation is 1. The molecule has 0 saturated carbocycles. The largest absolute Gasteiger partial charge is 0.346 e. The molecule has 0 aliphatic carbocycles. The minimum absolute atomic E-state index is 0.0816. The number of amides is 1. The molecule has 1 N–H and O–H groups in total. The van der Waals surface area contributed by atoms with Gasteiger partial charge in [0.05, 0.1) is 47.6 Å². The number of nitrogens with zero attached hydrogens (tertiary/aromatic N) is 9. The third kappa shape index (κ3) is 5.91. The van der Waals surface area contributed by atoms with Crippen molar-refractivity contribution in [1.29, 1.82) is 0 Å². The quantitative estimate of drug-likeness (QED) is 0.254. The van der Waals surface area contributed by atoms with Crippen LogP contribution in [0.15, 0.2) is 61.6 Å². The zero-order chi connectivity index (χ0) is 30.1. The molecule has 0 spiro atoms. The van der Waals surface area contributed by atoms with Crippen molar-refractivity contribution >= 4 is 29.0 Å². The number of carbonyl (C=O) groups excluding carboxylic acids is 1. The van der Waals surface area contributed by atoms with Gasteiger partial charge in [0.15, 0.2) is 11.6 Å². The molecule has 1 saturated heterocycles. The van der Waals surface area contributed by atoms with Crippen molar-refractivity contribution in [2.75, 3.05) is 16.8 Å². The number of halogens is 4. The fraction of sp³-hybridized carbons (Fsp3) is 0.250. The van der Waals surface area contributed by atoms with E-state index in [9.17, 15) is 18.0 Å². The summed E-state index contributed by atoms with van der Waals surface area (Å²) in [5.41, 5.74) is -0.300. The fourth-order valence-corrected chi connectivity index (χ4v) is 5.16. The van der Waals surface area contributed by atoms with E-state index in [1.54, 1.807) is 28.1 Å². The van der Waals surface area contributed by atoms with Gasteiger partial charge in [0, 0.05) is 37.1 Å². The molecule has 15 heteroatoms. The van der Waals surface area contributed by atoms with Gasteiger partial charge in [-0.15, -0.1) is 0 Å². The molecule has 0 bridgehead atoms. The molecule has 4 aromatic heterocycles. The van der Waals surface area contributed by atoms with E-state index in [4.69, 9.17) is 11.6 Å². The average molecular weight is 609 g/mol. The molecule has 1 aliphatic rings. The van der Waals surface area contributed by atoms with E-state index in [-0.39, 0.29) is 22.5 Å². The van der Waals surface area contributed by atoms with Crippen LogP contribution in [0.25, 0.3) is 11.3 Å². The monoisotopic (exact) mass is 608 g/mol. The van der Waals surface area contributed by atoms with Crippen molar-refractivity contribution in [1.82, 2.24) is 39.5 Å². The second kappa shape index (κ2) is 11.8. The number of nitrogens with one attached hydrogen (secondary N) is 1. The Hall–Kier alpha value is -4.85. The first kappa shape index (κ1) is 28.3. The number of aromatic nitrogens is 8. The number of alkyl halides is 2. The third-order valence-corrected chi connectivity index (χ3v) is 7.28. The van der Waals surface area contributed by atoms with Crippen LogP contribution in [0.1, 0.15) is 52.7 Å². The Balaban J connectivity index is 1.12. The summed E-state index contributed by atoms with van der Waals surface area (Å²) >= 11 is 5.81.